The Morgan fingerprint density at radius 2 is 2.04 bits per heavy atom. The summed E-state index contributed by atoms with van der Waals surface area (Å²) in [6, 6.07) is 1.34. The molecule has 1 aromatic rings. The van der Waals surface area contributed by atoms with Gasteiger partial charge in [-0.25, -0.2) is 4.39 Å². The number of amides is 1. The van der Waals surface area contributed by atoms with Crippen LogP contribution in [-0.2, 0) is 9.53 Å². The molecule has 3 N–H and O–H groups in total. The first-order valence-electron chi connectivity index (χ1n) is 9.44. The predicted octanol–water partition coefficient (Wildman–Crippen LogP) is 3.16. The fourth-order valence-corrected chi connectivity index (χ4v) is 4.50. The number of nitrogens with zero attached hydrogens (tertiary/aromatic N) is 1. The summed E-state index contributed by atoms with van der Waals surface area (Å²) in [5.74, 6) is 0.249. The molecule has 0 aromatic carbocycles. The van der Waals surface area contributed by atoms with E-state index in [1.165, 1.54) is 12.3 Å². The Kier molecular flexibility index (Phi) is 6.48. The summed E-state index contributed by atoms with van der Waals surface area (Å²) in [5, 5.41) is 3.84. The van der Waals surface area contributed by atoms with E-state index in [-0.39, 0.29) is 5.91 Å². The van der Waals surface area contributed by atoms with E-state index in [0.717, 1.165) is 44.3 Å². The normalized spacial score (nSPS) is 25.8. The molecule has 1 aliphatic carbocycles. The highest BCUT2D eigenvalue weighted by Crippen LogP contribution is 2.38. The van der Waals surface area contributed by atoms with E-state index in [1.807, 2.05) is 0 Å². The van der Waals surface area contributed by atoms with E-state index >= 15 is 0 Å². The molecule has 1 amide bonds. The number of pyridine rings is 1. The lowest BCUT2D eigenvalue weighted by Gasteiger charge is -2.36. The number of carbonyl (C=O) groups is 1. The van der Waals surface area contributed by atoms with E-state index in [9.17, 15) is 9.18 Å². The van der Waals surface area contributed by atoms with Crippen LogP contribution in [0.15, 0.2) is 12.3 Å². The number of carbonyl (C=O) groups excluding carboxylic acids is 1. The van der Waals surface area contributed by atoms with Gasteiger partial charge in [0.15, 0.2) is 0 Å². The van der Waals surface area contributed by atoms with Gasteiger partial charge in [-0.1, -0.05) is 11.6 Å². The molecule has 144 valence electrons. The van der Waals surface area contributed by atoms with Crippen molar-refractivity contribution in [2.75, 3.05) is 19.8 Å². The number of aromatic nitrogens is 1. The summed E-state index contributed by atoms with van der Waals surface area (Å²) in [6.45, 7) is 1.94. The molecule has 1 saturated carbocycles. The third-order valence-electron chi connectivity index (χ3n) is 5.90. The molecule has 5 nitrogen and oxygen atoms in total. The van der Waals surface area contributed by atoms with Crippen molar-refractivity contribution < 1.29 is 13.9 Å². The highest BCUT2D eigenvalue weighted by atomic mass is 35.5. The highest BCUT2D eigenvalue weighted by molar-refractivity contribution is 6.31. The number of halogens is 2. The third kappa shape index (κ3) is 4.53. The Labute approximate surface area is 158 Å². The maximum Gasteiger partial charge on any atom is 0.237 e. The van der Waals surface area contributed by atoms with Crippen LogP contribution in [0.1, 0.15) is 56.6 Å². The molecule has 1 aliphatic heterocycles. The minimum atomic E-state index is -0.610. The van der Waals surface area contributed by atoms with E-state index in [0.29, 0.717) is 42.9 Å². The second kappa shape index (κ2) is 8.63. The highest BCUT2D eigenvalue weighted by Gasteiger charge is 2.38. The number of rotatable bonds is 6. The molecule has 0 unspecified atom stereocenters. The van der Waals surface area contributed by atoms with Crippen LogP contribution in [0.2, 0.25) is 5.02 Å². The van der Waals surface area contributed by atoms with Gasteiger partial charge in [-0.3, -0.25) is 9.78 Å². The Bertz CT molecular complexity index is 629. The molecule has 1 aromatic heterocycles. The van der Waals surface area contributed by atoms with Crippen molar-refractivity contribution in [3.05, 3.63) is 28.8 Å². The zero-order valence-electron chi connectivity index (χ0n) is 15.0. The van der Waals surface area contributed by atoms with Gasteiger partial charge in [0.25, 0.3) is 0 Å². The fourth-order valence-electron chi connectivity index (χ4n) is 4.20. The average molecular weight is 384 g/mol. The number of hydrogen-bond acceptors (Lipinski definition) is 4. The van der Waals surface area contributed by atoms with Crippen molar-refractivity contribution in [1.29, 1.82) is 0 Å². The maximum absolute atomic E-state index is 13.2. The average Bonchev–Trinajstić information content (AvgIpc) is 2.63. The monoisotopic (exact) mass is 383 g/mol. The van der Waals surface area contributed by atoms with E-state index in [1.54, 1.807) is 0 Å². The SMILES string of the molecule is NC(=O)C1(NCC[C@H]2CC[C@@H](c3ncc(F)cc3Cl)CC2)CCOCC1. The number of hydrogen-bond donors (Lipinski definition) is 2. The Morgan fingerprint density at radius 1 is 1.35 bits per heavy atom. The summed E-state index contributed by atoms with van der Waals surface area (Å²) in [5.41, 5.74) is 5.83. The molecular formula is C19H27ClFN3O2. The van der Waals surface area contributed by atoms with Crippen molar-refractivity contribution in [3.63, 3.8) is 0 Å². The quantitative estimate of drug-likeness (QED) is 0.791. The largest absolute Gasteiger partial charge is 0.381 e. The molecule has 0 bridgehead atoms. The van der Waals surface area contributed by atoms with Crippen LogP contribution in [0.3, 0.4) is 0 Å². The molecule has 0 radical (unpaired) electrons. The first-order valence-corrected chi connectivity index (χ1v) is 9.81. The molecule has 7 heteroatoms. The summed E-state index contributed by atoms with van der Waals surface area (Å²) in [6.07, 6.45) is 7.76. The van der Waals surface area contributed by atoms with Gasteiger partial charge in [0.2, 0.25) is 5.91 Å². The zero-order chi connectivity index (χ0) is 18.6. The lowest BCUT2D eigenvalue weighted by atomic mass is 9.79. The van der Waals surface area contributed by atoms with Crippen LogP contribution in [-0.4, -0.2) is 36.2 Å². The summed E-state index contributed by atoms with van der Waals surface area (Å²) < 4.78 is 18.5. The Morgan fingerprint density at radius 3 is 2.65 bits per heavy atom. The summed E-state index contributed by atoms with van der Waals surface area (Å²) in [4.78, 5) is 16.1. The number of nitrogens with two attached hydrogens (primary N) is 1. The van der Waals surface area contributed by atoms with Crippen LogP contribution in [0.25, 0.3) is 0 Å². The van der Waals surface area contributed by atoms with Crippen LogP contribution in [0, 0.1) is 11.7 Å². The first-order chi connectivity index (χ1) is 12.5. The van der Waals surface area contributed by atoms with Crippen LogP contribution in [0.5, 0.6) is 0 Å². The number of nitrogens with one attached hydrogen (secondary N) is 1. The first kappa shape index (κ1) is 19.5. The molecule has 0 spiro atoms. The topological polar surface area (TPSA) is 77.2 Å². The van der Waals surface area contributed by atoms with Crippen LogP contribution in [0.4, 0.5) is 4.39 Å². The smallest absolute Gasteiger partial charge is 0.237 e. The molecule has 2 aliphatic rings. The van der Waals surface area contributed by atoms with Gasteiger partial charge in [0, 0.05) is 19.1 Å². The van der Waals surface area contributed by atoms with Gasteiger partial charge in [-0.15, -0.1) is 0 Å². The number of primary amides is 1. The van der Waals surface area contributed by atoms with Gasteiger partial charge >= 0.3 is 0 Å². The van der Waals surface area contributed by atoms with Crippen LogP contribution < -0.4 is 11.1 Å². The van der Waals surface area contributed by atoms with Gasteiger partial charge in [-0.05, 0) is 63.5 Å². The van der Waals surface area contributed by atoms with Crippen molar-refractivity contribution >= 4 is 17.5 Å². The third-order valence-corrected chi connectivity index (χ3v) is 6.21. The molecule has 0 atom stereocenters. The van der Waals surface area contributed by atoms with Gasteiger partial charge < -0.3 is 15.8 Å². The fraction of sp³-hybridized carbons (Fsp3) is 0.684. The minimum absolute atomic E-state index is 0.276. The van der Waals surface area contributed by atoms with Crippen molar-refractivity contribution in [2.24, 2.45) is 11.7 Å². The second-order valence-corrected chi connectivity index (χ2v) is 7.92. The van der Waals surface area contributed by atoms with E-state index in [4.69, 9.17) is 22.1 Å². The maximum atomic E-state index is 13.2. The summed E-state index contributed by atoms with van der Waals surface area (Å²) in [7, 11) is 0. The standard InChI is InChI=1S/C19H27ClFN3O2/c20-16-11-15(21)12-23-17(16)14-3-1-13(2-4-14)5-8-24-19(18(22)25)6-9-26-10-7-19/h11-14,24H,1-10H2,(H2,22,25)/t13-,14+. The Hall–Kier alpha value is -1.24. The molecule has 2 fully saturated rings. The van der Waals surface area contributed by atoms with Crippen molar-refractivity contribution in [3.8, 4) is 0 Å². The molecular weight excluding hydrogens is 357 g/mol. The van der Waals surface area contributed by atoms with Crippen LogP contribution >= 0.6 is 11.6 Å². The minimum Gasteiger partial charge on any atom is -0.381 e. The lowest BCUT2D eigenvalue weighted by molar-refractivity contribution is -0.128. The zero-order valence-corrected chi connectivity index (χ0v) is 15.7. The molecule has 1 saturated heterocycles. The van der Waals surface area contributed by atoms with Crippen molar-refractivity contribution in [2.45, 2.75) is 56.4 Å². The van der Waals surface area contributed by atoms with E-state index < -0.39 is 11.4 Å². The molecule has 3 rings (SSSR count). The van der Waals surface area contributed by atoms with Gasteiger partial charge in [-0.2, -0.15) is 0 Å². The van der Waals surface area contributed by atoms with Gasteiger partial charge in [0.1, 0.15) is 11.4 Å². The molecule has 26 heavy (non-hydrogen) atoms. The van der Waals surface area contributed by atoms with Crippen molar-refractivity contribution in [1.82, 2.24) is 10.3 Å². The Balaban J connectivity index is 1.46. The lowest BCUT2D eigenvalue weighted by Crippen LogP contribution is -2.58. The second-order valence-electron chi connectivity index (χ2n) is 7.51. The van der Waals surface area contributed by atoms with Gasteiger partial charge in [0.05, 0.1) is 16.9 Å². The van der Waals surface area contributed by atoms with E-state index in [2.05, 4.69) is 10.3 Å². The predicted molar refractivity (Wildman–Crippen MR) is 98.5 cm³/mol. The molecule has 2 heterocycles. The summed E-state index contributed by atoms with van der Waals surface area (Å²) >= 11 is 6.15. The number of ether oxygens (including phenoxy) is 1.